The Kier molecular flexibility index (Phi) is 5.00. The Bertz CT molecular complexity index is 605. The van der Waals surface area contributed by atoms with Crippen molar-refractivity contribution in [1.82, 2.24) is 25.0 Å². The highest BCUT2D eigenvalue weighted by Crippen LogP contribution is 2.29. The van der Waals surface area contributed by atoms with Gasteiger partial charge in [0.25, 0.3) is 0 Å². The SMILES string of the molecule is Cc1nc([C@@H]2CN(CC(=O)N3CCO[C@@H]4CCCC[C@@H]43)CCO2)n[nH]1. The first-order valence-electron chi connectivity index (χ1n) is 9.34. The first-order chi connectivity index (χ1) is 12.2. The van der Waals surface area contributed by atoms with Gasteiger partial charge in [-0.3, -0.25) is 14.8 Å². The third kappa shape index (κ3) is 3.70. The second-order valence-corrected chi connectivity index (χ2v) is 7.22. The molecule has 3 aliphatic rings. The zero-order valence-electron chi connectivity index (χ0n) is 14.8. The first kappa shape index (κ1) is 16.9. The monoisotopic (exact) mass is 349 g/mol. The van der Waals surface area contributed by atoms with Crippen molar-refractivity contribution in [1.29, 1.82) is 0 Å². The highest BCUT2D eigenvalue weighted by atomic mass is 16.5. The van der Waals surface area contributed by atoms with Gasteiger partial charge in [0, 0.05) is 19.6 Å². The average Bonchev–Trinajstić information content (AvgIpc) is 3.08. The van der Waals surface area contributed by atoms with Gasteiger partial charge in [0.1, 0.15) is 11.9 Å². The van der Waals surface area contributed by atoms with Crippen LogP contribution in [0, 0.1) is 6.92 Å². The van der Waals surface area contributed by atoms with Crippen LogP contribution in [0.25, 0.3) is 0 Å². The van der Waals surface area contributed by atoms with Crippen LogP contribution >= 0.6 is 0 Å². The molecule has 8 heteroatoms. The summed E-state index contributed by atoms with van der Waals surface area (Å²) in [6.45, 7) is 5.71. The molecule has 1 amide bonds. The van der Waals surface area contributed by atoms with Gasteiger partial charge in [-0.2, -0.15) is 5.10 Å². The average molecular weight is 349 g/mol. The molecule has 1 aromatic heterocycles. The van der Waals surface area contributed by atoms with Gasteiger partial charge < -0.3 is 14.4 Å². The number of nitrogens with zero attached hydrogens (tertiary/aromatic N) is 4. The molecule has 138 valence electrons. The van der Waals surface area contributed by atoms with Gasteiger partial charge in [-0.25, -0.2) is 4.98 Å². The molecule has 0 aromatic carbocycles. The lowest BCUT2D eigenvalue weighted by Gasteiger charge is -2.44. The lowest BCUT2D eigenvalue weighted by molar-refractivity contribution is -0.152. The summed E-state index contributed by atoms with van der Waals surface area (Å²) in [7, 11) is 0. The predicted octanol–water partition coefficient (Wildman–Crippen LogP) is 0.656. The van der Waals surface area contributed by atoms with Crippen LogP contribution in [-0.2, 0) is 14.3 Å². The Labute approximate surface area is 147 Å². The topological polar surface area (TPSA) is 83.6 Å². The molecule has 0 radical (unpaired) electrons. The minimum atomic E-state index is -0.168. The van der Waals surface area contributed by atoms with Gasteiger partial charge in [-0.05, 0) is 19.8 Å². The van der Waals surface area contributed by atoms with Gasteiger partial charge in [0.05, 0.1) is 31.9 Å². The number of H-pyrrole nitrogens is 1. The predicted molar refractivity (Wildman–Crippen MR) is 90.0 cm³/mol. The molecule has 1 N–H and O–H groups in total. The molecular weight excluding hydrogens is 322 g/mol. The maximum absolute atomic E-state index is 12.9. The number of aromatic nitrogens is 3. The van der Waals surface area contributed by atoms with Crippen LogP contribution in [0.15, 0.2) is 0 Å². The number of amides is 1. The summed E-state index contributed by atoms with van der Waals surface area (Å²) < 4.78 is 11.7. The van der Waals surface area contributed by atoms with Crippen LogP contribution in [0.5, 0.6) is 0 Å². The Morgan fingerprint density at radius 1 is 1.24 bits per heavy atom. The lowest BCUT2D eigenvalue weighted by Crippen LogP contribution is -2.57. The quantitative estimate of drug-likeness (QED) is 0.863. The van der Waals surface area contributed by atoms with E-state index in [9.17, 15) is 4.79 Å². The van der Waals surface area contributed by atoms with Crippen molar-refractivity contribution in [3.05, 3.63) is 11.6 Å². The Hall–Kier alpha value is -1.51. The third-order valence-electron chi connectivity index (χ3n) is 5.46. The van der Waals surface area contributed by atoms with E-state index in [1.807, 2.05) is 6.92 Å². The number of nitrogens with one attached hydrogen (secondary N) is 1. The van der Waals surface area contributed by atoms with Crippen molar-refractivity contribution in [2.45, 2.75) is 50.9 Å². The van der Waals surface area contributed by atoms with Crippen LogP contribution < -0.4 is 0 Å². The molecule has 4 rings (SSSR count). The van der Waals surface area contributed by atoms with E-state index in [1.54, 1.807) is 0 Å². The molecule has 1 aliphatic carbocycles. The van der Waals surface area contributed by atoms with E-state index in [-0.39, 0.29) is 24.2 Å². The molecule has 2 aliphatic heterocycles. The van der Waals surface area contributed by atoms with E-state index in [4.69, 9.17) is 9.47 Å². The number of morpholine rings is 2. The summed E-state index contributed by atoms with van der Waals surface area (Å²) in [5.74, 6) is 1.67. The zero-order valence-corrected chi connectivity index (χ0v) is 14.8. The van der Waals surface area contributed by atoms with E-state index in [0.717, 1.165) is 25.2 Å². The fourth-order valence-corrected chi connectivity index (χ4v) is 4.19. The molecule has 1 aromatic rings. The normalized spacial score (nSPS) is 30.9. The summed E-state index contributed by atoms with van der Waals surface area (Å²) in [6.07, 6.45) is 4.62. The van der Waals surface area contributed by atoms with Crippen molar-refractivity contribution in [3.63, 3.8) is 0 Å². The molecule has 0 unspecified atom stereocenters. The number of fused-ring (bicyclic) bond motifs is 1. The zero-order chi connectivity index (χ0) is 17.2. The van der Waals surface area contributed by atoms with E-state index >= 15 is 0 Å². The van der Waals surface area contributed by atoms with Gasteiger partial charge in [-0.15, -0.1) is 0 Å². The molecular formula is C17H27N5O3. The molecule has 0 spiro atoms. The number of carbonyl (C=O) groups is 1. The second kappa shape index (κ2) is 7.39. The highest BCUT2D eigenvalue weighted by molar-refractivity contribution is 5.78. The van der Waals surface area contributed by atoms with Crippen molar-refractivity contribution >= 4 is 5.91 Å². The van der Waals surface area contributed by atoms with Gasteiger partial charge in [-0.1, -0.05) is 12.8 Å². The Morgan fingerprint density at radius 3 is 2.92 bits per heavy atom. The minimum absolute atomic E-state index is 0.168. The third-order valence-corrected chi connectivity index (χ3v) is 5.46. The van der Waals surface area contributed by atoms with Crippen LogP contribution in [0.2, 0.25) is 0 Å². The molecule has 25 heavy (non-hydrogen) atoms. The van der Waals surface area contributed by atoms with Gasteiger partial charge in [0.15, 0.2) is 5.82 Å². The van der Waals surface area contributed by atoms with E-state index in [1.165, 1.54) is 12.8 Å². The second-order valence-electron chi connectivity index (χ2n) is 7.22. The maximum atomic E-state index is 12.9. The number of hydrogen-bond acceptors (Lipinski definition) is 6. The smallest absolute Gasteiger partial charge is 0.237 e. The number of carbonyl (C=O) groups excluding carboxylic acids is 1. The van der Waals surface area contributed by atoms with Crippen molar-refractivity contribution < 1.29 is 14.3 Å². The van der Waals surface area contributed by atoms with Crippen LogP contribution in [0.1, 0.15) is 43.4 Å². The molecule has 0 bridgehead atoms. The van der Waals surface area contributed by atoms with Gasteiger partial charge in [0.2, 0.25) is 5.91 Å². The van der Waals surface area contributed by atoms with Crippen LogP contribution in [0.4, 0.5) is 0 Å². The first-order valence-corrected chi connectivity index (χ1v) is 9.34. The van der Waals surface area contributed by atoms with Crippen LogP contribution in [-0.4, -0.2) is 82.4 Å². The number of aryl methyl sites for hydroxylation is 1. The fraction of sp³-hybridized carbons (Fsp3) is 0.824. The van der Waals surface area contributed by atoms with Crippen molar-refractivity contribution in [2.75, 3.05) is 39.4 Å². The number of aromatic amines is 1. The molecule has 2 saturated heterocycles. The summed E-state index contributed by atoms with van der Waals surface area (Å²) in [5, 5.41) is 7.05. The standard InChI is InChI=1S/C17H27N5O3/c1-12-18-17(20-19-12)15-10-21(6-8-25-15)11-16(23)22-7-9-24-14-5-3-2-4-13(14)22/h13-15H,2-11H2,1H3,(H,18,19,20)/t13-,14+,15-/m0/s1. The number of hydrogen-bond donors (Lipinski definition) is 1. The summed E-state index contributed by atoms with van der Waals surface area (Å²) in [5.41, 5.74) is 0. The largest absolute Gasteiger partial charge is 0.374 e. The van der Waals surface area contributed by atoms with Gasteiger partial charge >= 0.3 is 0 Å². The molecule has 3 heterocycles. The summed E-state index contributed by atoms with van der Waals surface area (Å²) >= 11 is 0. The van der Waals surface area contributed by atoms with E-state index in [2.05, 4.69) is 25.0 Å². The minimum Gasteiger partial charge on any atom is -0.374 e. The Morgan fingerprint density at radius 2 is 2.08 bits per heavy atom. The summed E-state index contributed by atoms with van der Waals surface area (Å²) in [6, 6.07) is 0.266. The molecule has 8 nitrogen and oxygen atoms in total. The highest BCUT2D eigenvalue weighted by Gasteiger charge is 2.37. The fourth-order valence-electron chi connectivity index (χ4n) is 4.19. The number of ether oxygens (including phenoxy) is 2. The molecule has 3 atom stereocenters. The van der Waals surface area contributed by atoms with E-state index in [0.29, 0.717) is 38.7 Å². The van der Waals surface area contributed by atoms with Crippen molar-refractivity contribution in [2.24, 2.45) is 0 Å². The maximum Gasteiger partial charge on any atom is 0.237 e. The number of rotatable bonds is 3. The lowest BCUT2D eigenvalue weighted by atomic mass is 9.90. The van der Waals surface area contributed by atoms with E-state index < -0.39 is 0 Å². The molecule has 1 saturated carbocycles. The summed E-state index contributed by atoms with van der Waals surface area (Å²) in [4.78, 5) is 21.5. The van der Waals surface area contributed by atoms with Crippen molar-refractivity contribution in [3.8, 4) is 0 Å². The molecule has 3 fully saturated rings. The Balaban J connectivity index is 1.36. The van der Waals surface area contributed by atoms with Crippen LogP contribution in [0.3, 0.4) is 0 Å².